The highest BCUT2D eigenvalue weighted by molar-refractivity contribution is 5.93. The van der Waals surface area contributed by atoms with Gasteiger partial charge >= 0.3 is 0 Å². The lowest BCUT2D eigenvalue weighted by atomic mass is 10.1. The number of hydrogen-bond acceptors (Lipinski definition) is 4. The molecule has 0 aliphatic carbocycles. The van der Waals surface area contributed by atoms with Crippen LogP contribution in [0.5, 0.6) is 5.75 Å². The molecule has 6 heteroatoms. The first-order valence-corrected chi connectivity index (χ1v) is 7.91. The number of nitrogens with zero attached hydrogens (tertiary/aromatic N) is 1. The van der Waals surface area contributed by atoms with Crippen LogP contribution in [0.15, 0.2) is 65.2 Å². The van der Waals surface area contributed by atoms with Crippen LogP contribution in [0.2, 0.25) is 0 Å². The number of carbonyl (C=O) groups is 1. The van der Waals surface area contributed by atoms with Crippen molar-refractivity contribution < 1.29 is 18.4 Å². The molecular formula is C19H17FN2O3. The number of rotatable bonds is 6. The molecule has 0 fully saturated rings. The number of carbonyl (C=O) groups excluding carboxylic acids is 1. The van der Waals surface area contributed by atoms with Crippen LogP contribution in [-0.2, 0) is 4.79 Å². The van der Waals surface area contributed by atoms with Gasteiger partial charge in [0.25, 0.3) is 5.91 Å². The van der Waals surface area contributed by atoms with Gasteiger partial charge < -0.3 is 9.26 Å². The molecule has 2 aromatic carbocycles. The van der Waals surface area contributed by atoms with Crippen molar-refractivity contribution in [2.75, 3.05) is 5.32 Å². The largest absolute Gasteiger partial charge is 0.478 e. The Kier molecular flexibility index (Phi) is 5.09. The summed E-state index contributed by atoms with van der Waals surface area (Å²) in [6.45, 7) is 1.78. The Morgan fingerprint density at radius 2 is 1.92 bits per heavy atom. The number of benzene rings is 2. The van der Waals surface area contributed by atoms with E-state index in [4.69, 9.17) is 9.26 Å². The van der Waals surface area contributed by atoms with Gasteiger partial charge in [0.05, 0.1) is 0 Å². The van der Waals surface area contributed by atoms with E-state index in [0.717, 1.165) is 5.56 Å². The summed E-state index contributed by atoms with van der Waals surface area (Å²) in [5.41, 5.74) is 1.49. The quantitative estimate of drug-likeness (QED) is 0.727. The smallest absolute Gasteiger partial charge is 0.267 e. The van der Waals surface area contributed by atoms with Crippen molar-refractivity contribution >= 4 is 11.8 Å². The summed E-state index contributed by atoms with van der Waals surface area (Å²) in [5, 5.41) is 6.54. The predicted octanol–water partition coefficient (Wildman–Crippen LogP) is 4.28. The number of para-hydroxylation sites is 1. The van der Waals surface area contributed by atoms with E-state index in [2.05, 4.69) is 10.5 Å². The van der Waals surface area contributed by atoms with Gasteiger partial charge in [-0.2, -0.15) is 0 Å². The van der Waals surface area contributed by atoms with Crippen LogP contribution in [0.3, 0.4) is 0 Å². The third-order valence-corrected chi connectivity index (χ3v) is 3.60. The van der Waals surface area contributed by atoms with Crippen LogP contribution < -0.4 is 10.1 Å². The van der Waals surface area contributed by atoms with E-state index >= 15 is 0 Å². The SMILES string of the molecule is CC[C@H](Oc1ccccc1F)C(=O)Nc1cc(-c2ccccc2)no1. The molecule has 0 aliphatic rings. The number of amides is 1. The zero-order valence-electron chi connectivity index (χ0n) is 13.6. The van der Waals surface area contributed by atoms with E-state index in [0.29, 0.717) is 12.1 Å². The monoisotopic (exact) mass is 340 g/mol. The van der Waals surface area contributed by atoms with Crippen LogP contribution in [0.25, 0.3) is 11.3 Å². The Hall–Kier alpha value is -3.15. The first-order chi connectivity index (χ1) is 12.2. The predicted molar refractivity (Wildman–Crippen MR) is 91.7 cm³/mol. The zero-order chi connectivity index (χ0) is 17.6. The number of ether oxygens (including phenoxy) is 1. The zero-order valence-corrected chi connectivity index (χ0v) is 13.6. The molecule has 0 saturated carbocycles. The highest BCUT2D eigenvalue weighted by atomic mass is 19.1. The molecule has 1 aromatic heterocycles. The molecule has 5 nitrogen and oxygen atoms in total. The average Bonchev–Trinajstić information content (AvgIpc) is 3.10. The molecule has 0 saturated heterocycles. The lowest BCUT2D eigenvalue weighted by Gasteiger charge is -2.16. The van der Waals surface area contributed by atoms with Gasteiger partial charge in [0, 0.05) is 11.6 Å². The van der Waals surface area contributed by atoms with Gasteiger partial charge in [0.1, 0.15) is 5.69 Å². The Bertz CT molecular complexity index is 849. The van der Waals surface area contributed by atoms with Crippen molar-refractivity contribution in [2.45, 2.75) is 19.4 Å². The van der Waals surface area contributed by atoms with E-state index in [9.17, 15) is 9.18 Å². The van der Waals surface area contributed by atoms with E-state index in [-0.39, 0.29) is 11.6 Å². The summed E-state index contributed by atoms with van der Waals surface area (Å²) in [4.78, 5) is 12.4. The second kappa shape index (κ2) is 7.61. The lowest BCUT2D eigenvalue weighted by molar-refractivity contribution is -0.123. The Labute approximate surface area is 144 Å². The minimum absolute atomic E-state index is 0.0343. The van der Waals surface area contributed by atoms with Crippen LogP contribution in [0.4, 0.5) is 10.3 Å². The van der Waals surface area contributed by atoms with Gasteiger partial charge in [-0.1, -0.05) is 54.5 Å². The van der Waals surface area contributed by atoms with Crippen molar-refractivity contribution in [2.24, 2.45) is 0 Å². The third kappa shape index (κ3) is 4.03. The Morgan fingerprint density at radius 1 is 1.20 bits per heavy atom. The highest BCUT2D eigenvalue weighted by Crippen LogP contribution is 2.22. The summed E-state index contributed by atoms with van der Waals surface area (Å²) < 4.78 is 24.3. The second-order valence-corrected chi connectivity index (χ2v) is 5.38. The number of nitrogens with one attached hydrogen (secondary N) is 1. The van der Waals surface area contributed by atoms with Gasteiger partial charge in [0.2, 0.25) is 5.88 Å². The minimum Gasteiger partial charge on any atom is -0.478 e. The number of anilines is 1. The van der Waals surface area contributed by atoms with E-state index in [1.54, 1.807) is 25.1 Å². The maximum atomic E-state index is 13.7. The number of aromatic nitrogens is 1. The maximum absolute atomic E-state index is 13.7. The molecule has 0 aliphatic heterocycles. The van der Waals surface area contributed by atoms with Gasteiger partial charge in [-0.3, -0.25) is 10.1 Å². The molecule has 128 valence electrons. The fraction of sp³-hybridized carbons (Fsp3) is 0.158. The standard InChI is InChI=1S/C19H17FN2O3/c1-2-16(24-17-11-7-6-10-14(17)20)19(23)21-18-12-15(22-25-18)13-8-4-3-5-9-13/h3-12,16H,2H2,1H3,(H,21,23)/t16-/m0/s1. The van der Waals surface area contributed by atoms with Crippen LogP contribution in [-0.4, -0.2) is 17.2 Å². The van der Waals surface area contributed by atoms with Crippen molar-refractivity contribution in [1.29, 1.82) is 0 Å². The van der Waals surface area contributed by atoms with Crippen LogP contribution in [0, 0.1) is 5.82 Å². The molecule has 0 radical (unpaired) electrons. The van der Waals surface area contributed by atoms with Gasteiger partial charge in [-0.05, 0) is 18.6 Å². The summed E-state index contributed by atoms with van der Waals surface area (Å²) in [5.74, 6) is -0.701. The molecule has 25 heavy (non-hydrogen) atoms. The van der Waals surface area contributed by atoms with Gasteiger partial charge in [0.15, 0.2) is 17.7 Å². The molecule has 1 atom stereocenters. The van der Waals surface area contributed by atoms with Crippen molar-refractivity contribution in [3.05, 3.63) is 66.5 Å². The molecule has 0 unspecified atom stereocenters. The summed E-state index contributed by atoms with van der Waals surface area (Å²) in [7, 11) is 0. The van der Waals surface area contributed by atoms with Crippen molar-refractivity contribution in [1.82, 2.24) is 5.16 Å². The summed E-state index contributed by atoms with van der Waals surface area (Å²) in [6.07, 6.45) is -0.470. The first-order valence-electron chi connectivity index (χ1n) is 7.91. The lowest BCUT2D eigenvalue weighted by Crippen LogP contribution is -2.32. The molecule has 1 amide bonds. The molecule has 0 bridgehead atoms. The minimum atomic E-state index is -0.845. The number of halogens is 1. The van der Waals surface area contributed by atoms with Crippen LogP contribution in [0.1, 0.15) is 13.3 Å². The van der Waals surface area contributed by atoms with Crippen molar-refractivity contribution in [3.63, 3.8) is 0 Å². The normalized spacial score (nSPS) is 11.8. The average molecular weight is 340 g/mol. The molecular weight excluding hydrogens is 323 g/mol. The van der Waals surface area contributed by atoms with Crippen molar-refractivity contribution in [3.8, 4) is 17.0 Å². The maximum Gasteiger partial charge on any atom is 0.267 e. The first kappa shape index (κ1) is 16.7. The molecule has 0 spiro atoms. The summed E-state index contributed by atoms with van der Waals surface area (Å²) in [6, 6.07) is 17.0. The van der Waals surface area contributed by atoms with Crippen LogP contribution >= 0.6 is 0 Å². The fourth-order valence-electron chi connectivity index (χ4n) is 2.30. The van der Waals surface area contributed by atoms with E-state index in [1.165, 1.54) is 12.1 Å². The fourth-order valence-corrected chi connectivity index (χ4v) is 2.30. The number of hydrogen-bond donors (Lipinski definition) is 1. The van der Waals surface area contributed by atoms with E-state index < -0.39 is 17.8 Å². The molecule has 1 N–H and O–H groups in total. The van der Waals surface area contributed by atoms with Gasteiger partial charge in [-0.25, -0.2) is 4.39 Å². The van der Waals surface area contributed by atoms with Gasteiger partial charge in [-0.15, -0.1) is 0 Å². The molecule has 3 rings (SSSR count). The molecule has 3 aromatic rings. The molecule has 1 heterocycles. The Morgan fingerprint density at radius 3 is 2.64 bits per heavy atom. The van der Waals surface area contributed by atoms with E-state index in [1.807, 2.05) is 30.3 Å². The highest BCUT2D eigenvalue weighted by Gasteiger charge is 2.21. The Balaban J connectivity index is 1.68. The summed E-state index contributed by atoms with van der Waals surface area (Å²) >= 11 is 0. The topological polar surface area (TPSA) is 64.4 Å². The second-order valence-electron chi connectivity index (χ2n) is 5.38. The third-order valence-electron chi connectivity index (χ3n) is 3.60.